The Hall–Kier alpha value is -6.72. The summed E-state index contributed by atoms with van der Waals surface area (Å²) in [5.41, 5.74) is 6.65. The van der Waals surface area contributed by atoms with E-state index in [9.17, 15) is 0 Å². The lowest BCUT2D eigenvalue weighted by Gasteiger charge is -2.45. The van der Waals surface area contributed by atoms with Gasteiger partial charge in [-0.1, -0.05) is 60.7 Å². The summed E-state index contributed by atoms with van der Waals surface area (Å²) in [6, 6.07) is 47.8. The number of rotatable bonds is 2. The van der Waals surface area contributed by atoms with Crippen molar-refractivity contribution in [3.63, 3.8) is 0 Å². The summed E-state index contributed by atoms with van der Waals surface area (Å²) in [6.45, 7) is 0. The SMILES string of the molecule is O=P12c3c4cccc3N(c3ccccc3)c3cccc(c31)Oc1cc3c5c6c(cc3c(c12)N4)Oc1cccc2c1P6(=O)c1c(cccc1N2c1ccccc1)O5. The molecule has 8 nitrogen and oxygen atoms in total. The van der Waals surface area contributed by atoms with Gasteiger partial charge in [-0.3, -0.25) is 0 Å². The molecule has 0 spiro atoms. The highest BCUT2D eigenvalue weighted by atomic mass is 31.2. The van der Waals surface area contributed by atoms with Crippen LogP contribution in [0.15, 0.2) is 146 Å². The average Bonchev–Trinajstić information content (AvgIpc) is 3.22. The minimum atomic E-state index is -3.56. The van der Waals surface area contributed by atoms with Gasteiger partial charge in [0.25, 0.3) is 0 Å². The quantitative estimate of drug-likeness (QED) is 0.175. The molecule has 0 saturated heterocycles. The van der Waals surface area contributed by atoms with Crippen LogP contribution in [-0.4, -0.2) is 0 Å². The topological polar surface area (TPSA) is 80.3 Å². The van der Waals surface area contributed by atoms with Crippen molar-refractivity contribution >= 4 is 102 Å². The zero-order valence-corrected chi connectivity index (χ0v) is 31.0. The minimum Gasteiger partial charge on any atom is -0.456 e. The number of nitrogens with zero attached hydrogens (tertiary/aromatic N) is 2. The van der Waals surface area contributed by atoms with E-state index >= 15 is 9.13 Å². The Balaban J connectivity index is 1.07. The van der Waals surface area contributed by atoms with E-state index in [0.717, 1.165) is 50.5 Å². The molecule has 8 aromatic rings. The highest BCUT2D eigenvalue weighted by Crippen LogP contribution is 2.68. The molecule has 0 aliphatic carbocycles. The van der Waals surface area contributed by atoms with Gasteiger partial charge in [-0.15, -0.1) is 0 Å². The fourth-order valence-electron chi connectivity index (χ4n) is 9.97. The molecular formula is C46H25N3O5P2. The summed E-state index contributed by atoms with van der Waals surface area (Å²) >= 11 is 0. The van der Waals surface area contributed by atoms with Gasteiger partial charge in [-0.25, -0.2) is 0 Å². The highest BCUT2D eigenvalue weighted by Gasteiger charge is 2.56. The normalized spacial score (nSPS) is 19.9. The first-order chi connectivity index (χ1) is 27.5. The van der Waals surface area contributed by atoms with Crippen LogP contribution in [0.1, 0.15) is 0 Å². The van der Waals surface area contributed by atoms with Crippen LogP contribution >= 0.6 is 14.3 Å². The Bertz CT molecular complexity index is 3030. The number of nitrogens with one attached hydrogen (secondary N) is 1. The molecule has 0 aromatic heterocycles. The van der Waals surface area contributed by atoms with Crippen LogP contribution in [0.4, 0.5) is 45.5 Å². The Labute approximate surface area is 319 Å². The van der Waals surface area contributed by atoms with Gasteiger partial charge in [0.15, 0.2) is 20.0 Å². The monoisotopic (exact) mass is 761 g/mol. The van der Waals surface area contributed by atoms with E-state index < -0.39 is 14.3 Å². The number of anilines is 8. The molecule has 0 amide bonds. The molecule has 264 valence electrons. The first kappa shape index (κ1) is 29.6. The van der Waals surface area contributed by atoms with Crippen LogP contribution in [0.5, 0.6) is 34.5 Å². The number of hydrogen-bond donors (Lipinski definition) is 1. The second-order valence-electron chi connectivity index (χ2n) is 14.8. The summed E-state index contributed by atoms with van der Waals surface area (Å²) in [5, 5.41) is 9.07. The van der Waals surface area contributed by atoms with E-state index in [-0.39, 0.29) is 0 Å². The maximum absolute atomic E-state index is 16.4. The summed E-state index contributed by atoms with van der Waals surface area (Å²) in [4.78, 5) is 4.32. The van der Waals surface area contributed by atoms with Gasteiger partial charge in [0.05, 0.1) is 60.6 Å². The third-order valence-electron chi connectivity index (χ3n) is 12.0. The lowest BCUT2D eigenvalue weighted by atomic mass is 10.0. The highest BCUT2D eigenvalue weighted by molar-refractivity contribution is 7.87. The van der Waals surface area contributed by atoms with Crippen molar-refractivity contribution < 1.29 is 23.3 Å². The predicted octanol–water partition coefficient (Wildman–Crippen LogP) is 10.1. The number of benzene rings is 8. The molecule has 8 aromatic carbocycles. The predicted molar refractivity (Wildman–Crippen MR) is 223 cm³/mol. The first-order valence-corrected chi connectivity index (χ1v) is 21.9. The second-order valence-corrected chi connectivity index (χ2v) is 19.9. The van der Waals surface area contributed by atoms with Crippen LogP contribution in [-0.2, 0) is 9.13 Å². The Morgan fingerprint density at radius 3 is 1.45 bits per heavy atom. The third kappa shape index (κ3) is 3.22. The minimum absolute atomic E-state index is 0.458. The summed E-state index contributed by atoms with van der Waals surface area (Å²) in [6.07, 6.45) is 0. The van der Waals surface area contributed by atoms with Crippen molar-refractivity contribution in [2.45, 2.75) is 0 Å². The number of hydrogen-bond acceptors (Lipinski definition) is 8. The van der Waals surface area contributed by atoms with Crippen molar-refractivity contribution in [1.82, 2.24) is 0 Å². The maximum atomic E-state index is 16.4. The van der Waals surface area contributed by atoms with Crippen molar-refractivity contribution in [3.05, 3.63) is 146 Å². The Morgan fingerprint density at radius 2 is 0.875 bits per heavy atom. The molecule has 0 saturated carbocycles. The molecule has 56 heavy (non-hydrogen) atoms. The summed E-state index contributed by atoms with van der Waals surface area (Å²) in [5.74, 6) is 3.03. The zero-order chi connectivity index (χ0) is 36.7. The van der Waals surface area contributed by atoms with E-state index in [1.165, 1.54) is 0 Å². The molecule has 6 aliphatic rings. The largest absolute Gasteiger partial charge is 0.456 e. The van der Waals surface area contributed by atoms with E-state index in [2.05, 4.69) is 39.4 Å². The lowest BCUT2D eigenvalue weighted by molar-refractivity contribution is 0.464. The van der Waals surface area contributed by atoms with Crippen molar-refractivity contribution in [2.75, 3.05) is 15.1 Å². The van der Waals surface area contributed by atoms with Gasteiger partial charge >= 0.3 is 0 Å². The van der Waals surface area contributed by atoms with Crippen LogP contribution in [0.2, 0.25) is 0 Å². The van der Waals surface area contributed by atoms with Crippen LogP contribution in [0.3, 0.4) is 0 Å². The molecule has 0 fully saturated rings. The second kappa shape index (κ2) is 9.74. The Kier molecular flexibility index (Phi) is 5.15. The molecule has 10 heteroatoms. The van der Waals surface area contributed by atoms with Crippen molar-refractivity contribution in [3.8, 4) is 34.5 Å². The number of para-hydroxylation sites is 2. The van der Waals surface area contributed by atoms with Gasteiger partial charge in [0.1, 0.15) is 34.1 Å². The zero-order valence-electron chi connectivity index (χ0n) is 29.2. The molecule has 0 bridgehead atoms. The lowest BCUT2D eigenvalue weighted by Crippen LogP contribution is -2.44. The van der Waals surface area contributed by atoms with Gasteiger partial charge in [-0.05, 0) is 84.9 Å². The molecule has 1 N–H and O–H groups in total. The number of fused-ring (bicyclic) bond motifs is 3. The molecule has 6 heterocycles. The summed E-state index contributed by atoms with van der Waals surface area (Å²) in [7, 11) is -7.09. The Morgan fingerprint density at radius 1 is 0.411 bits per heavy atom. The maximum Gasteiger partial charge on any atom is 0.189 e. The molecule has 14 rings (SSSR count). The third-order valence-corrected chi connectivity index (χ3v) is 18.5. The smallest absolute Gasteiger partial charge is 0.189 e. The first-order valence-electron chi connectivity index (χ1n) is 18.5. The molecule has 0 radical (unpaired) electrons. The molecular weight excluding hydrogens is 736 g/mol. The average molecular weight is 762 g/mol. The van der Waals surface area contributed by atoms with E-state index in [4.69, 9.17) is 14.2 Å². The van der Waals surface area contributed by atoms with Crippen molar-refractivity contribution in [1.29, 1.82) is 0 Å². The molecule has 2 unspecified atom stereocenters. The van der Waals surface area contributed by atoms with E-state index in [1.807, 2.05) is 121 Å². The molecule has 2 atom stereocenters. The standard InChI is InChI=1S/C46H25N3O5P2/c50-55-41-29-15-7-16-30(41)48(25-11-3-1-4-12-25)31-17-8-20-34(42(31)55)52-37-24-28-27(39(47-29)45(37)55)23-38-46-40(28)54-36-22-10-19-33-44(36)56(46,51)43-32(18-9-21-35(43)53-38)49(33)26-13-5-2-6-14-26/h1-24,47H. The fourth-order valence-corrected chi connectivity index (χ4v) is 16.8. The fraction of sp³-hybridized carbons (Fsp3) is 0. The van der Waals surface area contributed by atoms with Crippen LogP contribution in [0.25, 0.3) is 10.8 Å². The van der Waals surface area contributed by atoms with Gasteiger partial charge in [0, 0.05) is 22.1 Å². The van der Waals surface area contributed by atoms with Crippen LogP contribution < -0.4 is 61.2 Å². The van der Waals surface area contributed by atoms with Gasteiger partial charge < -0.3 is 38.5 Å². The summed E-state index contributed by atoms with van der Waals surface area (Å²) < 4.78 is 53.5. The van der Waals surface area contributed by atoms with Gasteiger partial charge in [-0.2, -0.15) is 0 Å². The number of ether oxygens (including phenoxy) is 3. The van der Waals surface area contributed by atoms with Gasteiger partial charge in [0.2, 0.25) is 0 Å². The van der Waals surface area contributed by atoms with E-state index in [1.54, 1.807) is 0 Å². The van der Waals surface area contributed by atoms with Crippen molar-refractivity contribution in [2.24, 2.45) is 0 Å². The van der Waals surface area contributed by atoms with E-state index in [0.29, 0.717) is 72.1 Å². The molecule has 6 aliphatic heterocycles. The van der Waals surface area contributed by atoms with Crippen LogP contribution in [0, 0.1) is 0 Å².